The van der Waals surface area contributed by atoms with Crippen molar-refractivity contribution in [2.24, 2.45) is 0 Å². The Kier molecular flexibility index (Phi) is 12.6. The molecule has 0 aromatic heterocycles. The van der Waals surface area contributed by atoms with Crippen molar-refractivity contribution in [3.05, 3.63) is 181 Å². The average Bonchev–Trinajstić information content (AvgIpc) is 3.12. The Hall–Kier alpha value is -4.22. The molecule has 0 unspecified atom stereocenters. The SMILES string of the molecule is Oc1ccc(C2(c3ccc(O)cc3)CCCCC2)cc1.c1ccc(Pc2ccccc2)cc1.c1ccc(Pc2ccccc2)cc1. The Labute approximate surface area is 277 Å². The van der Waals surface area contributed by atoms with E-state index in [-0.39, 0.29) is 5.41 Å². The molecular formula is C42H42O2P2. The zero-order valence-corrected chi connectivity index (χ0v) is 28.1. The normalized spacial score (nSPS) is 13.3. The second kappa shape index (κ2) is 17.5. The summed E-state index contributed by atoms with van der Waals surface area (Å²) in [5, 5.41) is 24.6. The molecule has 232 valence electrons. The Morgan fingerprint density at radius 3 is 0.913 bits per heavy atom. The number of hydrogen-bond acceptors (Lipinski definition) is 2. The molecule has 0 amide bonds. The molecule has 0 atom stereocenters. The van der Waals surface area contributed by atoms with E-state index in [0.717, 1.165) is 30.0 Å². The van der Waals surface area contributed by atoms with Crippen LogP contribution in [0.4, 0.5) is 0 Å². The summed E-state index contributed by atoms with van der Waals surface area (Å²) in [4.78, 5) is 0. The van der Waals surface area contributed by atoms with Crippen LogP contribution in [0.15, 0.2) is 170 Å². The van der Waals surface area contributed by atoms with Crippen molar-refractivity contribution in [2.75, 3.05) is 0 Å². The highest BCUT2D eigenvalue weighted by Gasteiger charge is 2.35. The largest absolute Gasteiger partial charge is 0.508 e. The van der Waals surface area contributed by atoms with Gasteiger partial charge in [-0.25, -0.2) is 0 Å². The highest BCUT2D eigenvalue weighted by atomic mass is 31.1. The van der Waals surface area contributed by atoms with Gasteiger partial charge in [-0.05, 0) is 69.5 Å². The van der Waals surface area contributed by atoms with Crippen LogP contribution in [0.3, 0.4) is 0 Å². The second-order valence-corrected chi connectivity index (χ2v) is 14.3. The summed E-state index contributed by atoms with van der Waals surface area (Å²) in [6.07, 6.45) is 5.99. The third-order valence-electron chi connectivity index (χ3n) is 8.22. The number of phenols is 2. The molecule has 4 heteroatoms. The van der Waals surface area contributed by atoms with E-state index in [1.807, 2.05) is 24.3 Å². The molecule has 0 bridgehead atoms. The van der Waals surface area contributed by atoms with Crippen LogP contribution in [-0.4, -0.2) is 10.2 Å². The molecule has 0 saturated heterocycles. The van der Waals surface area contributed by atoms with Crippen molar-refractivity contribution in [3.63, 3.8) is 0 Å². The van der Waals surface area contributed by atoms with Gasteiger partial charge in [0.05, 0.1) is 0 Å². The van der Waals surface area contributed by atoms with Crippen LogP contribution in [0.2, 0.25) is 0 Å². The number of hydrogen-bond donors (Lipinski definition) is 2. The van der Waals surface area contributed by atoms with Crippen molar-refractivity contribution in [1.29, 1.82) is 0 Å². The van der Waals surface area contributed by atoms with Gasteiger partial charge in [0, 0.05) is 5.41 Å². The Morgan fingerprint density at radius 1 is 0.348 bits per heavy atom. The van der Waals surface area contributed by atoms with E-state index >= 15 is 0 Å². The summed E-state index contributed by atoms with van der Waals surface area (Å²) in [7, 11) is 1.55. The number of rotatable bonds is 6. The molecule has 1 aliphatic carbocycles. The second-order valence-electron chi connectivity index (χ2n) is 11.5. The van der Waals surface area contributed by atoms with E-state index in [4.69, 9.17) is 0 Å². The minimum Gasteiger partial charge on any atom is -0.508 e. The molecule has 7 rings (SSSR count). The fourth-order valence-corrected chi connectivity index (χ4v) is 7.98. The highest BCUT2D eigenvalue weighted by molar-refractivity contribution is 7.55. The topological polar surface area (TPSA) is 40.5 Å². The van der Waals surface area contributed by atoms with Gasteiger partial charge in [-0.3, -0.25) is 0 Å². The summed E-state index contributed by atoms with van der Waals surface area (Å²) in [6, 6.07) is 57.5. The third kappa shape index (κ3) is 9.89. The first-order valence-corrected chi connectivity index (χ1v) is 17.9. The van der Waals surface area contributed by atoms with Gasteiger partial charge in [0.15, 0.2) is 0 Å². The minimum atomic E-state index is 0.0274. The van der Waals surface area contributed by atoms with Crippen molar-refractivity contribution < 1.29 is 10.2 Å². The van der Waals surface area contributed by atoms with Gasteiger partial charge in [-0.2, -0.15) is 0 Å². The van der Waals surface area contributed by atoms with Gasteiger partial charge >= 0.3 is 0 Å². The summed E-state index contributed by atoms with van der Waals surface area (Å²) < 4.78 is 0. The molecule has 1 saturated carbocycles. The Balaban J connectivity index is 0.000000141. The lowest BCUT2D eigenvalue weighted by atomic mass is 9.65. The van der Waals surface area contributed by atoms with Gasteiger partial charge in [-0.15, -0.1) is 0 Å². The standard InChI is InChI=1S/C18H20O2.2C12H11P/c19-16-8-4-14(5-9-16)18(12-2-1-3-13-18)15-6-10-17(20)11-7-15;2*1-3-7-11(8-4-1)13-12-9-5-2-6-10-12/h4-11,19-20H,1-3,12-13H2;2*1-10,13H. The third-order valence-corrected chi connectivity index (χ3v) is 10.7. The van der Waals surface area contributed by atoms with Crippen molar-refractivity contribution in [1.82, 2.24) is 0 Å². The van der Waals surface area contributed by atoms with Crippen LogP contribution in [0.1, 0.15) is 43.2 Å². The van der Waals surface area contributed by atoms with Crippen molar-refractivity contribution in [3.8, 4) is 11.5 Å². The molecule has 46 heavy (non-hydrogen) atoms. The number of aromatic hydroxyl groups is 2. The molecule has 0 aliphatic heterocycles. The Morgan fingerprint density at radius 2 is 0.630 bits per heavy atom. The molecule has 2 N–H and O–H groups in total. The quantitative estimate of drug-likeness (QED) is 0.179. The maximum Gasteiger partial charge on any atom is 0.115 e. The molecule has 1 aliphatic rings. The summed E-state index contributed by atoms with van der Waals surface area (Å²) in [5.41, 5.74) is 2.56. The maximum atomic E-state index is 9.51. The molecular weight excluding hydrogens is 598 g/mol. The molecule has 0 radical (unpaired) electrons. The van der Waals surface area contributed by atoms with Crippen LogP contribution >= 0.6 is 17.2 Å². The van der Waals surface area contributed by atoms with Gasteiger partial charge in [0.2, 0.25) is 0 Å². The predicted octanol–water partition coefficient (Wildman–Crippen LogP) is 8.98. The average molecular weight is 641 g/mol. The smallest absolute Gasteiger partial charge is 0.115 e. The lowest BCUT2D eigenvalue weighted by molar-refractivity contribution is 0.345. The zero-order valence-electron chi connectivity index (χ0n) is 26.1. The maximum absolute atomic E-state index is 9.51. The first-order chi connectivity index (χ1) is 22.6. The molecule has 0 spiro atoms. The van der Waals surface area contributed by atoms with Gasteiger partial charge < -0.3 is 10.2 Å². The first kappa shape index (κ1) is 33.2. The van der Waals surface area contributed by atoms with Gasteiger partial charge in [-0.1, -0.05) is 182 Å². The van der Waals surface area contributed by atoms with Crippen molar-refractivity contribution in [2.45, 2.75) is 37.5 Å². The minimum absolute atomic E-state index is 0.0274. The van der Waals surface area contributed by atoms with E-state index < -0.39 is 0 Å². The summed E-state index contributed by atoms with van der Waals surface area (Å²) >= 11 is 0. The highest BCUT2D eigenvalue weighted by Crippen LogP contribution is 2.45. The van der Waals surface area contributed by atoms with E-state index in [1.54, 1.807) is 24.3 Å². The lowest BCUT2D eigenvalue weighted by Crippen LogP contribution is -2.30. The van der Waals surface area contributed by atoms with Crippen LogP contribution in [-0.2, 0) is 5.41 Å². The first-order valence-electron chi connectivity index (χ1n) is 15.9. The van der Waals surface area contributed by atoms with Crippen LogP contribution < -0.4 is 21.2 Å². The molecule has 0 heterocycles. The summed E-state index contributed by atoms with van der Waals surface area (Å²) in [6.45, 7) is 0. The number of phenolic OH excluding ortho intramolecular Hbond substituents is 2. The van der Waals surface area contributed by atoms with E-state index in [1.165, 1.54) is 51.6 Å². The zero-order chi connectivity index (χ0) is 31.9. The van der Waals surface area contributed by atoms with Crippen LogP contribution in [0.25, 0.3) is 0 Å². The molecule has 1 fully saturated rings. The fourth-order valence-electron chi connectivity index (χ4n) is 5.88. The van der Waals surface area contributed by atoms with Crippen LogP contribution in [0.5, 0.6) is 11.5 Å². The van der Waals surface area contributed by atoms with E-state index in [2.05, 4.69) is 121 Å². The van der Waals surface area contributed by atoms with Crippen molar-refractivity contribution >= 4 is 38.4 Å². The van der Waals surface area contributed by atoms with E-state index in [0.29, 0.717) is 11.5 Å². The van der Waals surface area contributed by atoms with Gasteiger partial charge in [0.1, 0.15) is 11.5 Å². The summed E-state index contributed by atoms with van der Waals surface area (Å²) in [5.74, 6) is 0.621. The lowest BCUT2D eigenvalue weighted by Gasteiger charge is -2.38. The van der Waals surface area contributed by atoms with Gasteiger partial charge in [0.25, 0.3) is 0 Å². The van der Waals surface area contributed by atoms with E-state index in [9.17, 15) is 10.2 Å². The monoisotopic (exact) mass is 640 g/mol. The Bertz CT molecular complexity index is 1490. The predicted molar refractivity (Wildman–Crippen MR) is 201 cm³/mol. The van der Waals surface area contributed by atoms with Crippen LogP contribution in [0, 0.1) is 0 Å². The molecule has 2 nitrogen and oxygen atoms in total. The molecule has 6 aromatic carbocycles. The fraction of sp³-hybridized carbons (Fsp3) is 0.143. The number of benzene rings is 6. The molecule has 6 aromatic rings.